The van der Waals surface area contributed by atoms with Crippen LogP contribution in [0.25, 0.3) is 22.3 Å². The van der Waals surface area contributed by atoms with Crippen LogP contribution < -0.4 is 5.56 Å². The Morgan fingerprint density at radius 2 is 1.93 bits per heavy atom. The summed E-state index contributed by atoms with van der Waals surface area (Å²) in [6.45, 7) is 3.64. The van der Waals surface area contributed by atoms with Crippen LogP contribution in [0.2, 0.25) is 10.0 Å². The summed E-state index contributed by atoms with van der Waals surface area (Å²) in [4.78, 5) is 19.0. The van der Waals surface area contributed by atoms with Gasteiger partial charge in [-0.3, -0.25) is 14.3 Å². The number of nitrogens with zero attached hydrogens (tertiary/aromatic N) is 2. The van der Waals surface area contributed by atoms with Gasteiger partial charge in [-0.1, -0.05) is 36.2 Å². The quantitative estimate of drug-likeness (QED) is 0.471. The predicted molar refractivity (Wildman–Crippen MR) is 107 cm³/mol. The van der Waals surface area contributed by atoms with Crippen LogP contribution in [0.3, 0.4) is 0 Å². The Labute approximate surface area is 172 Å². The van der Waals surface area contributed by atoms with E-state index < -0.39 is 22.7 Å². The van der Waals surface area contributed by atoms with Crippen molar-refractivity contribution < 1.29 is 13.2 Å². The van der Waals surface area contributed by atoms with Crippen LogP contribution in [0.5, 0.6) is 0 Å². The summed E-state index contributed by atoms with van der Waals surface area (Å²) in [5.74, 6) is 0. The highest BCUT2D eigenvalue weighted by atomic mass is 35.5. The van der Waals surface area contributed by atoms with Gasteiger partial charge in [-0.25, -0.2) is 4.98 Å². The van der Waals surface area contributed by atoms with Crippen LogP contribution in [0.1, 0.15) is 31.9 Å². The molecule has 0 saturated heterocycles. The first kappa shape index (κ1) is 20.8. The Hall–Kier alpha value is -1.90. The number of alkyl halides is 3. The number of rotatable bonds is 3. The standard InChI is InChI=1S/C18H14Cl2F3N3OS/c1-3-8(2)26-15-14(16(27)25-17(26)28)10(18(21,22)23)7-13(24-15)9-4-5-11(19)12(20)6-9/h4-8H,3H2,1-2H3,(H,25,27,28)/t8-/m0/s1. The van der Waals surface area contributed by atoms with E-state index >= 15 is 0 Å². The third-order valence-corrected chi connectivity index (χ3v) is 5.49. The third-order valence-electron chi connectivity index (χ3n) is 4.45. The summed E-state index contributed by atoms with van der Waals surface area (Å²) in [7, 11) is 0. The molecule has 0 amide bonds. The molecule has 1 aromatic carbocycles. The molecule has 0 aliphatic carbocycles. The van der Waals surface area contributed by atoms with E-state index in [0.717, 1.165) is 6.07 Å². The normalized spacial score (nSPS) is 13.1. The van der Waals surface area contributed by atoms with E-state index in [1.807, 2.05) is 6.92 Å². The van der Waals surface area contributed by atoms with E-state index in [1.54, 1.807) is 6.92 Å². The van der Waals surface area contributed by atoms with Gasteiger partial charge < -0.3 is 0 Å². The lowest BCUT2D eigenvalue weighted by atomic mass is 10.1. The molecule has 1 atom stereocenters. The fourth-order valence-corrected chi connectivity index (χ4v) is 3.52. The van der Waals surface area contributed by atoms with Gasteiger partial charge in [0, 0.05) is 11.6 Å². The number of halogens is 5. The van der Waals surface area contributed by atoms with Crippen molar-refractivity contribution in [3.63, 3.8) is 0 Å². The lowest BCUT2D eigenvalue weighted by Crippen LogP contribution is -2.22. The molecule has 28 heavy (non-hydrogen) atoms. The molecule has 0 aliphatic rings. The Balaban J connectivity index is 2.50. The summed E-state index contributed by atoms with van der Waals surface area (Å²) in [6.07, 6.45) is -4.19. The Morgan fingerprint density at radius 3 is 2.50 bits per heavy atom. The average molecular weight is 448 g/mol. The van der Waals surface area contributed by atoms with Crippen LogP contribution in [0.4, 0.5) is 13.2 Å². The third kappa shape index (κ3) is 3.68. The van der Waals surface area contributed by atoms with Crippen molar-refractivity contribution in [1.29, 1.82) is 0 Å². The molecule has 4 nitrogen and oxygen atoms in total. The van der Waals surface area contributed by atoms with Gasteiger partial charge in [-0.2, -0.15) is 13.2 Å². The van der Waals surface area contributed by atoms with Crippen molar-refractivity contribution in [2.45, 2.75) is 32.5 Å². The van der Waals surface area contributed by atoms with Crippen LogP contribution in [0, 0.1) is 4.77 Å². The van der Waals surface area contributed by atoms with E-state index in [4.69, 9.17) is 35.4 Å². The topological polar surface area (TPSA) is 50.7 Å². The number of pyridine rings is 1. The van der Waals surface area contributed by atoms with Gasteiger partial charge in [0.1, 0.15) is 5.65 Å². The Bertz CT molecular complexity index is 1190. The Morgan fingerprint density at radius 1 is 1.25 bits per heavy atom. The maximum Gasteiger partial charge on any atom is 0.417 e. The van der Waals surface area contributed by atoms with Crippen molar-refractivity contribution in [3.05, 3.63) is 55.0 Å². The minimum absolute atomic E-state index is 0.00967. The fourth-order valence-electron chi connectivity index (χ4n) is 2.86. The molecular formula is C18H14Cl2F3N3OS. The molecule has 148 valence electrons. The van der Waals surface area contributed by atoms with Crippen molar-refractivity contribution in [2.24, 2.45) is 0 Å². The highest BCUT2D eigenvalue weighted by Gasteiger charge is 2.35. The number of fused-ring (bicyclic) bond motifs is 1. The molecule has 2 heterocycles. The molecule has 10 heteroatoms. The summed E-state index contributed by atoms with van der Waals surface area (Å²) < 4.78 is 42.8. The van der Waals surface area contributed by atoms with Gasteiger partial charge in [0.05, 0.1) is 26.7 Å². The number of hydrogen-bond acceptors (Lipinski definition) is 3. The lowest BCUT2D eigenvalue weighted by Gasteiger charge is -2.19. The molecule has 0 radical (unpaired) electrons. The van der Waals surface area contributed by atoms with E-state index in [9.17, 15) is 18.0 Å². The minimum Gasteiger partial charge on any atom is -0.300 e. The van der Waals surface area contributed by atoms with Crippen LogP contribution >= 0.6 is 35.4 Å². The van der Waals surface area contributed by atoms with E-state index in [-0.39, 0.29) is 32.2 Å². The molecule has 0 bridgehead atoms. The second kappa shape index (κ2) is 7.50. The smallest absolute Gasteiger partial charge is 0.300 e. The molecular weight excluding hydrogens is 434 g/mol. The molecule has 0 saturated carbocycles. The molecule has 2 aromatic heterocycles. The first-order valence-electron chi connectivity index (χ1n) is 8.26. The second-order valence-corrected chi connectivity index (χ2v) is 7.47. The molecule has 0 fully saturated rings. The van der Waals surface area contributed by atoms with Crippen LogP contribution in [0.15, 0.2) is 29.1 Å². The van der Waals surface area contributed by atoms with Gasteiger partial charge >= 0.3 is 6.18 Å². The monoisotopic (exact) mass is 447 g/mol. The van der Waals surface area contributed by atoms with E-state index in [1.165, 1.54) is 22.8 Å². The SMILES string of the molecule is CC[C@H](C)n1c(=S)[nH]c(=O)c2c(C(F)(F)F)cc(-c3ccc(Cl)c(Cl)c3)nc21. The second-order valence-electron chi connectivity index (χ2n) is 6.27. The van der Waals surface area contributed by atoms with Gasteiger partial charge in [0.2, 0.25) is 0 Å². The maximum atomic E-state index is 13.8. The van der Waals surface area contributed by atoms with Gasteiger partial charge in [0.25, 0.3) is 5.56 Å². The van der Waals surface area contributed by atoms with Gasteiger partial charge in [-0.05, 0) is 43.8 Å². The summed E-state index contributed by atoms with van der Waals surface area (Å²) in [5.41, 5.74) is -1.80. The zero-order valence-corrected chi connectivity index (χ0v) is 17.0. The molecule has 3 aromatic rings. The Kier molecular flexibility index (Phi) is 5.58. The first-order valence-corrected chi connectivity index (χ1v) is 9.43. The van der Waals surface area contributed by atoms with Crippen molar-refractivity contribution in [3.8, 4) is 11.3 Å². The first-order chi connectivity index (χ1) is 13.0. The largest absolute Gasteiger partial charge is 0.417 e. The van der Waals surface area contributed by atoms with Crippen molar-refractivity contribution in [1.82, 2.24) is 14.5 Å². The molecule has 0 unspecified atom stereocenters. The number of benzene rings is 1. The maximum absolute atomic E-state index is 13.8. The van der Waals surface area contributed by atoms with E-state index in [2.05, 4.69) is 9.97 Å². The van der Waals surface area contributed by atoms with Gasteiger partial charge in [0.15, 0.2) is 4.77 Å². The highest BCUT2D eigenvalue weighted by Crippen LogP contribution is 2.37. The fraction of sp³-hybridized carbons (Fsp3) is 0.278. The predicted octanol–water partition coefficient (Wildman–Crippen LogP) is 6.42. The summed E-state index contributed by atoms with van der Waals surface area (Å²) in [6, 6.07) is 4.97. The summed E-state index contributed by atoms with van der Waals surface area (Å²) >= 11 is 17.1. The van der Waals surface area contributed by atoms with E-state index in [0.29, 0.717) is 12.0 Å². The molecule has 0 spiro atoms. The van der Waals surface area contributed by atoms with Crippen LogP contribution in [-0.2, 0) is 6.18 Å². The zero-order chi connectivity index (χ0) is 20.8. The number of aromatic amines is 1. The number of H-pyrrole nitrogens is 1. The molecule has 0 aliphatic heterocycles. The summed E-state index contributed by atoms with van der Waals surface area (Å²) in [5, 5.41) is -0.106. The molecule has 3 rings (SSSR count). The number of nitrogens with one attached hydrogen (secondary N) is 1. The number of aromatic nitrogens is 3. The number of hydrogen-bond donors (Lipinski definition) is 1. The van der Waals surface area contributed by atoms with Crippen LogP contribution in [-0.4, -0.2) is 14.5 Å². The average Bonchev–Trinajstić information content (AvgIpc) is 2.61. The molecule has 1 N–H and O–H groups in total. The zero-order valence-electron chi connectivity index (χ0n) is 14.7. The highest BCUT2D eigenvalue weighted by molar-refractivity contribution is 7.71. The lowest BCUT2D eigenvalue weighted by molar-refractivity contribution is -0.136. The van der Waals surface area contributed by atoms with Crippen molar-refractivity contribution in [2.75, 3.05) is 0 Å². The minimum atomic E-state index is -4.77. The van der Waals surface area contributed by atoms with Gasteiger partial charge in [-0.15, -0.1) is 0 Å². The van der Waals surface area contributed by atoms with Crippen molar-refractivity contribution >= 4 is 46.5 Å².